The number of hydrogen-bond acceptors (Lipinski definition) is 3. The van der Waals surface area contributed by atoms with E-state index in [9.17, 15) is 9.59 Å². The van der Waals surface area contributed by atoms with E-state index in [0.29, 0.717) is 11.3 Å². The standard InChI is InChI=1S/C14H16ClNO4/c1-8(12(17)18)9-5-6-11(10(15)7-9)16-13(19)20-14(2,3)4/h5-7H,1H2,2-4H3,(H,16,19)(H,17,18). The first-order valence-corrected chi connectivity index (χ1v) is 6.20. The van der Waals surface area contributed by atoms with E-state index in [1.165, 1.54) is 18.2 Å². The Morgan fingerprint density at radius 1 is 1.35 bits per heavy atom. The van der Waals surface area contributed by atoms with E-state index in [1.807, 2.05) is 0 Å². The molecule has 6 heteroatoms. The third-order valence-corrected chi connectivity index (χ3v) is 2.52. The van der Waals surface area contributed by atoms with Crippen LogP contribution in [0.4, 0.5) is 10.5 Å². The minimum atomic E-state index is -1.13. The van der Waals surface area contributed by atoms with Crippen molar-refractivity contribution in [3.05, 3.63) is 35.4 Å². The van der Waals surface area contributed by atoms with E-state index >= 15 is 0 Å². The zero-order valence-corrected chi connectivity index (χ0v) is 12.2. The third kappa shape index (κ3) is 4.59. The summed E-state index contributed by atoms with van der Waals surface area (Å²) in [5, 5.41) is 11.5. The second-order valence-corrected chi connectivity index (χ2v) is 5.51. The maximum atomic E-state index is 11.6. The summed E-state index contributed by atoms with van der Waals surface area (Å²) in [5.41, 5.74) is 0.0180. The van der Waals surface area contributed by atoms with E-state index in [1.54, 1.807) is 20.8 Å². The Balaban J connectivity index is 2.87. The number of benzene rings is 1. The van der Waals surface area contributed by atoms with Crippen LogP contribution < -0.4 is 5.32 Å². The molecule has 0 unspecified atom stereocenters. The topological polar surface area (TPSA) is 75.6 Å². The van der Waals surface area contributed by atoms with Crippen LogP contribution in [0.3, 0.4) is 0 Å². The predicted molar refractivity (Wildman–Crippen MR) is 78.0 cm³/mol. The lowest BCUT2D eigenvalue weighted by Crippen LogP contribution is -2.27. The average Bonchev–Trinajstić information content (AvgIpc) is 2.28. The summed E-state index contributed by atoms with van der Waals surface area (Å²) in [5.74, 6) is -1.13. The Morgan fingerprint density at radius 2 is 1.95 bits per heavy atom. The fourth-order valence-corrected chi connectivity index (χ4v) is 1.57. The summed E-state index contributed by atoms with van der Waals surface area (Å²) in [6.07, 6.45) is -0.635. The maximum absolute atomic E-state index is 11.6. The van der Waals surface area contributed by atoms with Gasteiger partial charge in [-0.3, -0.25) is 5.32 Å². The molecule has 0 saturated carbocycles. The van der Waals surface area contributed by atoms with Crippen molar-refractivity contribution in [2.24, 2.45) is 0 Å². The summed E-state index contributed by atoms with van der Waals surface area (Å²) in [6, 6.07) is 4.43. The molecule has 0 heterocycles. The minimum Gasteiger partial charge on any atom is -0.478 e. The summed E-state index contributed by atoms with van der Waals surface area (Å²) in [6.45, 7) is 8.67. The summed E-state index contributed by atoms with van der Waals surface area (Å²) >= 11 is 5.99. The molecule has 0 spiro atoms. The van der Waals surface area contributed by atoms with Crippen molar-refractivity contribution in [3.8, 4) is 0 Å². The molecule has 0 fully saturated rings. The molecule has 2 N–H and O–H groups in total. The third-order valence-electron chi connectivity index (χ3n) is 2.21. The molecule has 20 heavy (non-hydrogen) atoms. The molecular formula is C14H16ClNO4. The number of aliphatic carboxylic acids is 1. The first-order valence-electron chi connectivity index (χ1n) is 5.82. The lowest BCUT2D eigenvalue weighted by atomic mass is 10.1. The highest BCUT2D eigenvalue weighted by Crippen LogP contribution is 2.26. The number of anilines is 1. The van der Waals surface area contributed by atoms with Gasteiger partial charge in [-0.05, 0) is 38.5 Å². The molecule has 0 radical (unpaired) electrons. The van der Waals surface area contributed by atoms with Crippen molar-refractivity contribution in [2.75, 3.05) is 5.32 Å². The van der Waals surface area contributed by atoms with Crippen molar-refractivity contribution in [1.29, 1.82) is 0 Å². The number of hydrogen-bond donors (Lipinski definition) is 2. The Morgan fingerprint density at radius 3 is 2.40 bits per heavy atom. The molecule has 0 atom stereocenters. The van der Waals surface area contributed by atoms with E-state index in [0.717, 1.165) is 0 Å². The number of carbonyl (C=O) groups excluding carboxylic acids is 1. The number of nitrogens with one attached hydrogen (secondary N) is 1. The maximum Gasteiger partial charge on any atom is 0.412 e. The lowest BCUT2D eigenvalue weighted by Gasteiger charge is -2.20. The molecule has 1 aromatic rings. The van der Waals surface area contributed by atoms with Crippen LogP contribution in [0.15, 0.2) is 24.8 Å². The number of rotatable bonds is 3. The second-order valence-electron chi connectivity index (χ2n) is 5.11. The van der Waals surface area contributed by atoms with Gasteiger partial charge in [-0.2, -0.15) is 0 Å². The molecule has 1 rings (SSSR count). The predicted octanol–water partition coefficient (Wildman–Crippen LogP) is 3.78. The van der Waals surface area contributed by atoms with Gasteiger partial charge >= 0.3 is 12.1 Å². The quantitative estimate of drug-likeness (QED) is 0.832. The van der Waals surface area contributed by atoms with Crippen LogP contribution in [0.5, 0.6) is 0 Å². The fourth-order valence-electron chi connectivity index (χ4n) is 1.34. The SMILES string of the molecule is C=C(C(=O)O)c1ccc(NC(=O)OC(C)(C)C)c(Cl)c1. The van der Waals surface area contributed by atoms with Crippen LogP contribution in [-0.2, 0) is 9.53 Å². The molecule has 1 aromatic carbocycles. The first kappa shape index (κ1) is 16.0. The van der Waals surface area contributed by atoms with Gasteiger partial charge in [0.2, 0.25) is 0 Å². The Kier molecular flexibility index (Phi) is 4.78. The van der Waals surface area contributed by atoms with Crippen LogP contribution in [0, 0.1) is 0 Å². The van der Waals surface area contributed by atoms with Gasteiger partial charge in [0.05, 0.1) is 16.3 Å². The van der Waals surface area contributed by atoms with Gasteiger partial charge in [-0.15, -0.1) is 0 Å². The van der Waals surface area contributed by atoms with Crippen molar-refractivity contribution in [2.45, 2.75) is 26.4 Å². The number of amides is 1. The van der Waals surface area contributed by atoms with Gasteiger partial charge < -0.3 is 9.84 Å². The molecule has 0 bridgehead atoms. The summed E-state index contributed by atoms with van der Waals surface area (Å²) in [4.78, 5) is 22.4. The Hall–Kier alpha value is -2.01. The second kappa shape index (κ2) is 5.96. The largest absolute Gasteiger partial charge is 0.478 e. The molecule has 0 aromatic heterocycles. The number of carboxylic acid groups (broad SMARTS) is 1. The van der Waals surface area contributed by atoms with Gasteiger partial charge in [0.1, 0.15) is 5.60 Å². The van der Waals surface area contributed by atoms with E-state index in [-0.39, 0.29) is 10.6 Å². The molecule has 0 saturated heterocycles. The number of carboxylic acids is 1. The van der Waals surface area contributed by atoms with Gasteiger partial charge in [0, 0.05) is 0 Å². The Bertz CT molecular complexity index is 561. The molecule has 5 nitrogen and oxygen atoms in total. The van der Waals surface area contributed by atoms with Crippen LogP contribution >= 0.6 is 11.6 Å². The lowest BCUT2D eigenvalue weighted by molar-refractivity contribution is -0.130. The van der Waals surface area contributed by atoms with Crippen LogP contribution in [0.1, 0.15) is 26.3 Å². The van der Waals surface area contributed by atoms with Crippen molar-refractivity contribution >= 4 is 34.9 Å². The van der Waals surface area contributed by atoms with Gasteiger partial charge in [-0.1, -0.05) is 24.2 Å². The Labute approximate surface area is 122 Å². The molecule has 0 aliphatic heterocycles. The van der Waals surface area contributed by atoms with Crippen LogP contribution in [0.2, 0.25) is 5.02 Å². The van der Waals surface area contributed by atoms with E-state index in [4.69, 9.17) is 21.4 Å². The molecule has 0 aliphatic rings. The minimum absolute atomic E-state index is 0.0734. The van der Waals surface area contributed by atoms with Gasteiger partial charge in [0.25, 0.3) is 0 Å². The number of carbonyl (C=O) groups is 2. The molecule has 1 amide bonds. The smallest absolute Gasteiger partial charge is 0.412 e. The normalized spacial score (nSPS) is 10.8. The summed E-state index contributed by atoms with van der Waals surface area (Å²) in [7, 11) is 0. The highest BCUT2D eigenvalue weighted by atomic mass is 35.5. The highest BCUT2D eigenvalue weighted by Gasteiger charge is 2.17. The van der Waals surface area contributed by atoms with E-state index < -0.39 is 17.7 Å². The molecule has 108 valence electrons. The molecule has 0 aliphatic carbocycles. The average molecular weight is 298 g/mol. The van der Waals surface area contributed by atoms with Crippen molar-refractivity contribution in [3.63, 3.8) is 0 Å². The summed E-state index contributed by atoms with van der Waals surface area (Å²) < 4.78 is 5.09. The van der Waals surface area contributed by atoms with Crippen LogP contribution in [0.25, 0.3) is 5.57 Å². The van der Waals surface area contributed by atoms with Crippen molar-refractivity contribution < 1.29 is 19.4 Å². The van der Waals surface area contributed by atoms with Gasteiger partial charge in [0.15, 0.2) is 0 Å². The monoisotopic (exact) mass is 297 g/mol. The number of halogens is 1. The van der Waals surface area contributed by atoms with E-state index in [2.05, 4.69) is 11.9 Å². The fraction of sp³-hybridized carbons (Fsp3) is 0.286. The molecular weight excluding hydrogens is 282 g/mol. The zero-order valence-electron chi connectivity index (χ0n) is 11.5. The first-order chi connectivity index (χ1) is 9.10. The zero-order chi connectivity index (χ0) is 15.5. The van der Waals surface area contributed by atoms with Crippen molar-refractivity contribution in [1.82, 2.24) is 0 Å². The number of ether oxygens (including phenoxy) is 1. The van der Waals surface area contributed by atoms with Crippen LogP contribution in [-0.4, -0.2) is 22.8 Å². The highest BCUT2D eigenvalue weighted by molar-refractivity contribution is 6.34. The van der Waals surface area contributed by atoms with Gasteiger partial charge in [-0.25, -0.2) is 9.59 Å².